The highest BCUT2D eigenvalue weighted by molar-refractivity contribution is 5.89. The molecule has 108 valence electrons. The molecule has 1 unspecified atom stereocenters. The van der Waals surface area contributed by atoms with Crippen LogP contribution in [0, 0.1) is 11.6 Å². The number of halogens is 2. The van der Waals surface area contributed by atoms with E-state index < -0.39 is 11.8 Å². The number of aromatic carboxylic acids is 1. The van der Waals surface area contributed by atoms with Gasteiger partial charge in [0.15, 0.2) is 0 Å². The van der Waals surface area contributed by atoms with Gasteiger partial charge in [0, 0.05) is 5.69 Å². The molecule has 3 rings (SSSR count). The van der Waals surface area contributed by atoms with E-state index in [4.69, 9.17) is 5.11 Å². The van der Waals surface area contributed by atoms with Crippen molar-refractivity contribution >= 4 is 11.7 Å². The van der Waals surface area contributed by atoms with Crippen LogP contribution in [-0.2, 0) is 6.42 Å². The molecule has 0 saturated carbocycles. The molecule has 2 aromatic carbocycles. The smallest absolute Gasteiger partial charge is 0.338 e. The van der Waals surface area contributed by atoms with Crippen LogP contribution in [-0.4, -0.2) is 11.1 Å². The van der Waals surface area contributed by atoms with Crippen LogP contribution in [0.4, 0.5) is 14.5 Å². The summed E-state index contributed by atoms with van der Waals surface area (Å²) in [6.07, 6.45) is 1.35. The van der Waals surface area contributed by atoms with Gasteiger partial charge in [-0.05, 0) is 48.2 Å². The minimum Gasteiger partial charge on any atom is -0.478 e. The van der Waals surface area contributed by atoms with Gasteiger partial charge < -0.3 is 10.4 Å². The number of nitrogens with one attached hydrogen (secondary N) is 1. The van der Waals surface area contributed by atoms with Gasteiger partial charge >= 0.3 is 5.97 Å². The lowest BCUT2D eigenvalue weighted by molar-refractivity contribution is 0.0692. The normalized spacial score (nSPS) is 16.6. The molecule has 0 aliphatic heterocycles. The van der Waals surface area contributed by atoms with Crippen molar-refractivity contribution in [1.29, 1.82) is 0 Å². The number of hydrogen-bond donors (Lipinski definition) is 2. The first kappa shape index (κ1) is 13.5. The number of rotatable bonds is 3. The Bertz CT molecular complexity index is 715. The number of fused-ring (bicyclic) bond motifs is 1. The minimum absolute atomic E-state index is 0.0946. The van der Waals surface area contributed by atoms with Gasteiger partial charge in [-0.3, -0.25) is 0 Å². The second-order valence-corrected chi connectivity index (χ2v) is 5.04. The van der Waals surface area contributed by atoms with Crippen LogP contribution in [0.1, 0.15) is 33.9 Å². The highest BCUT2D eigenvalue weighted by Crippen LogP contribution is 2.35. The predicted octanol–water partition coefficient (Wildman–Crippen LogP) is 3.76. The molecule has 1 atom stereocenters. The lowest BCUT2D eigenvalue weighted by Gasteiger charge is -2.16. The number of hydrogen-bond acceptors (Lipinski definition) is 2. The molecule has 0 bridgehead atoms. The quantitative estimate of drug-likeness (QED) is 0.904. The van der Waals surface area contributed by atoms with E-state index in [0.717, 1.165) is 18.1 Å². The molecular formula is C16H13F2NO2. The zero-order chi connectivity index (χ0) is 15.0. The number of carboxylic acid groups (broad SMARTS) is 1. The topological polar surface area (TPSA) is 49.3 Å². The lowest BCUT2D eigenvalue weighted by atomic mass is 10.1. The Kier molecular flexibility index (Phi) is 3.33. The Morgan fingerprint density at radius 2 is 2.00 bits per heavy atom. The molecule has 0 saturated heterocycles. The van der Waals surface area contributed by atoms with E-state index >= 15 is 0 Å². The molecule has 0 fully saturated rings. The van der Waals surface area contributed by atoms with Crippen LogP contribution in [0.15, 0.2) is 36.4 Å². The summed E-state index contributed by atoms with van der Waals surface area (Å²) >= 11 is 0. The van der Waals surface area contributed by atoms with E-state index in [9.17, 15) is 13.6 Å². The number of carboxylic acids is 1. The molecule has 1 aliphatic rings. The van der Waals surface area contributed by atoms with Crippen molar-refractivity contribution in [3.63, 3.8) is 0 Å². The van der Waals surface area contributed by atoms with Crippen LogP contribution in [0.5, 0.6) is 0 Å². The summed E-state index contributed by atoms with van der Waals surface area (Å²) in [5, 5.41) is 12.1. The fourth-order valence-corrected chi connectivity index (χ4v) is 2.74. The molecule has 21 heavy (non-hydrogen) atoms. The Morgan fingerprint density at radius 1 is 1.19 bits per heavy atom. The molecule has 0 radical (unpaired) electrons. The Labute approximate surface area is 120 Å². The van der Waals surface area contributed by atoms with Gasteiger partial charge in [0.05, 0.1) is 11.6 Å². The van der Waals surface area contributed by atoms with E-state index in [1.807, 2.05) is 6.07 Å². The minimum atomic E-state index is -1.31. The lowest BCUT2D eigenvalue weighted by Crippen LogP contribution is -2.09. The van der Waals surface area contributed by atoms with Crippen LogP contribution >= 0.6 is 0 Å². The molecular weight excluding hydrogens is 276 g/mol. The Balaban J connectivity index is 1.88. The molecule has 3 nitrogen and oxygen atoms in total. The van der Waals surface area contributed by atoms with Crippen molar-refractivity contribution in [3.05, 3.63) is 64.7 Å². The van der Waals surface area contributed by atoms with Gasteiger partial charge in [-0.15, -0.1) is 0 Å². The van der Waals surface area contributed by atoms with Crippen LogP contribution < -0.4 is 5.32 Å². The van der Waals surface area contributed by atoms with E-state index in [1.54, 1.807) is 6.07 Å². The van der Waals surface area contributed by atoms with Crippen LogP contribution in [0.3, 0.4) is 0 Å². The Hall–Kier alpha value is -2.43. The highest BCUT2D eigenvalue weighted by atomic mass is 19.1. The third-order valence-corrected chi connectivity index (χ3v) is 3.75. The number of anilines is 1. The Morgan fingerprint density at radius 3 is 2.76 bits per heavy atom. The van der Waals surface area contributed by atoms with Crippen molar-refractivity contribution in [2.75, 3.05) is 5.32 Å². The summed E-state index contributed by atoms with van der Waals surface area (Å²) in [7, 11) is 0. The average Bonchev–Trinajstić information content (AvgIpc) is 2.85. The molecule has 5 heteroatoms. The molecule has 2 aromatic rings. The summed E-state index contributed by atoms with van der Waals surface area (Å²) in [4.78, 5) is 10.9. The number of carbonyl (C=O) groups is 1. The average molecular weight is 289 g/mol. The molecule has 1 aliphatic carbocycles. The predicted molar refractivity (Wildman–Crippen MR) is 74.4 cm³/mol. The zero-order valence-corrected chi connectivity index (χ0v) is 11.1. The maximum absolute atomic E-state index is 13.7. The summed E-state index contributed by atoms with van der Waals surface area (Å²) in [6.45, 7) is 0. The molecule has 0 heterocycles. The summed E-state index contributed by atoms with van der Waals surface area (Å²) in [6, 6.07) is 8.71. The van der Waals surface area contributed by atoms with Gasteiger partial charge in [0.1, 0.15) is 11.6 Å². The second-order valence-electron chi connectivity index (χ2n) is 5.04. The van der Waals surface area contributed by atoms with Crippen LogP contribution in [0.2, 0.25) is 0 Å². The van der Waals surface area contributed by atoms with Gasteiger partial charge in [-0.2, -0.15) is 0 Å². The van der Waals surface area contributed by atoms with Gasteiger partial charge in [0.2, 0.25) is 0 Å². The first-order valence-electron chi connectivity index (χ1n) is 6.63. The first-order valence-corrected chi connectivity index (χ1v) is 6.63. The van der Waals surface area contributed by atoms with E-state index in [2.05, 4.69) is 5.32 Å². The zero-order valence-electron chi connectivity index (χ0n) is 11.1. The van der Waals surface area contributed by atoms with Crippen molar-refractivity contribution in [3.8, 4) is 0 Å². The van der Waals surface area contributed by atoms with Gasteiger partial charge in [-0.25, -0.2) is 13.6 Å². The first-order chi connectivity index (χ1) is 10.1. The van der Waals surface area contributed by atoms with Crippen molar-refractivity contribution in [2.45, 2.75) is 18.9 Å². The van der Waals surface area contributed by atoms with Crippen molar-refractivity contribution in [1.82, 2.24) is 0 Å². The second kappa shape index (κ2) is 5.16. The van der Waals surface area contributed by atoms with Crippen molar-refractivity contribution < 1.29 is 18.7 Å². The van der Waals surface area contributed by atoms with E-state index in [-0.39, 0.29) is 17.4 Å². The summed E-state index contributed by atoms with van der Waals surface area (Å²) < 4.78 is 27.0. The fourth-order valence-electron chi connectivity index (χ4n) is 2.74. The molecule has 2 N–H and O–H groups in total. The van der Waals surface area contributed by atoms with E-state index in [1.165, 1.54) is 18.2 Å². The highest BCUT2D eigenvalue weighted by Gasteiger charge is 2.25. The van der Waals surface area contributed by atoms with Gasteiger partial charge in [0.25, 0.3) is 0 Å². The third-order valence-electron chi connectivity index (χ3n) is 3.75. The summed E-state index contributed by atoms with van der Waals surface area (Å²) in [5.74, 6) is -2.30. The standard InChI is InChI=1S/C16H13F2NO2/c17-13-3-1-2-11-10(13)5-7-15(11)19-9-4-6-14(18)12(8-9)16(20)21/h1-4,6,8,15,19H,5,7H2,(H,20,21). The monoisotopic (exact) mass is 289 g/mol. The van der Waals surface area contributed by atoms with Crippen molar-refractivity contribution in [2.24, 2.45) is 0 Å². The largest absolute Gasteiger partial charge is 0.478 e. The summed E-state index contributed by atoms with van der Waals surface area (Å²) in [5.41, 5.74) is 1.69. The number of benzene rings is 2. The third kappa shape index (κ3) is 2.46. The van der Waals surface area contributed by atoms with Crippen LogP contribution in [0.25, 0.3) is 0 Å². The maximum Gasteiger partial charge on any atom is 0.338 e. The molecule has 0 amide bonds. The van der Waals surface area contributed by atoms with E-state index in [0.29, 0.717) is 17.7 Å². The fraction of sp³-hybridized carbons (Fsp3) is 0.188. The SMILES string of the molecule is O=C(O)c1cc(NC2CCc3c(F)cccc32)ccc1F. The molecule has 0 aromatic heterocycles. The molecule has 0 spiro atoms. The maximum atomic E-state index is 13.7. The van der Waals surface area contributed by atoms with Gasteiger partial charge in [-0.1, -0.05) is 12.1 Å².